The lowest BCUT2D eigenvalue weighted by atomic mass is 10.1. The quantitative estimate of drug-likeness (QED) is 0.619. The molecule has 2 aromatic rings. The standard InChI is InChI=1S/C12H11NO3/c1-7(14)8-3-4-11-9(5-8)10(6-13-11)12(15)16-2/h3-6,13H,1-2H3. The van der Waals surface area contributed by atoms with Gasteiger partial charge >= 0.3 is 5.97 Å². The van der Waals surface area contributed by atoms with Crippen LogP contribution in [0.5, 0.6) is 0 Å². The summed E-state index contributed by atoms with van der Waals surface area (Å²) < 4.78 is 4.66. The van der Waals surface area contributed by atoms with Gasteiger partial charge < -0.3 is 9.72 Å². The first-order valence-corrected chi connectivity index (χ1v) is 4.84. The lowest BCUT2D eigenvalue weighted by Crippen LogP contribution is -2.00. The van der Waals surface area contributed by atoms with Gasteiger partial charge in [-0.3, -0.25) is 4.79 Å². The smallest absolute Gasteiger partial charge is 0.340 e. The van der Waals surface area contributed by atoms with Crippen LogP contribution < -0.4 is 0 Å². The van der Waals surface area contributed by atoms with E-state index in [2.05, 4.69) is 9.72 Å². The molecule has 2 rings (SSSR count). The van der Waals surface area contributed by atoms with Gasteiger partial charge in [-0.25, -0.2) is 4.79 Å². The van der Waals surface area contributed by atoms with Gasteiger partial charge in [0.05, 0.1) is 12.7 Å². The van der Waals surface area contributed by atoms with Crippen LogP contribution in [0.4, 0.5) is 0 Å². The van der Waals surface area contributed by atoms with Gasteiger partial charge in [0, 0.05) is 22.7 Å². The third-order valence-electron chi connectivity index (χ3n) is 2.49. The number of aromatic nitrogens is 1. The fraction of sp³-hybridized carbons (Fsp3) is 0.167. The third-order valence-corrected chi connectivity index (χ3v) is 2.49. The van der Waals surface area contributed by atoms with E-state index in [1.165, 1.54) is 14.0 Å². The van der Waals surface area contributed by atoms with E-state index in [4.69, 9.17) is 0 Å². The van der Waals surface area contributed by atoms with E-state index in [0.29, 0.717) is 16.5 Å². The van der Waals surface area contributed by atoms with Crippen LogP contribution in [0.3, 0.4) is 0 Å². The van der Waals surface area contributed by atoms with Crippen LogP contribution in [-0.4, -0.2) is 23.8 Å². The highest BCUT2D eigenvalue weighted by Gasteiger charge is 2.13. The minimum atomic E-state index is -0.410. The minimum Gasteiger partial charge on any atom is -0.465 e. The van der Waals surface area contributed by atoms with Crippen LogP contribution in [0.15, 0.2) is 24.4 Å². The molecular weight excluding hydrogens is 206 g/mol. The Labute approximate surface area is 92.2 Å². The second-order valence-electron chi connectivity index (χ2n) is 3.51. The van der Waals surface area contributed by atoms with Crippen LogP contribution in [0.25, 0.3) is 10.9 Å². The molecule has 4 heteroatoms. The molecule has 4 nitrogen and oxygen atoms in total. The molecule has 1 aromatic carbocycles. The van der Waals surface area contributed by atoms with Crippen molar-refractivity contribution in [2.75, 3.05) is 7.11 Å². The number of methoxy groups -OCH3 is 1. The molecule has 0 spiro atoms. The summed E-state index contributed by atoms with van der Waals surface area (Å²) in [5.74, 6) is -0.439. The zero-order valence-corrected chi connectivity index (χ0v) is 9.03. The molecule has 0 saturated carbocycles. The van der Waals surface area contributed by atoms with Crippen molar-refractivity contribution in [1.82, 2.24) is 4.98 Å². The van der Waals surface area contributed by atoms with Crippen molar-refractivity contribution in [1.29, 1.82) is 0 Å². The van der Waals surface area contributed by atoms with E-state index < -0.39 is 5.97 Å². The van der Waals surface area contributed by atoms with Crippen molar-refractivity contribution in [3.8, 4) is 0 Å². The Morgan fingerprint density at radius 2 is 2.06 bits per heavy atom. The van der Waals surface area contributed by atoms with Gasteiger partial charge in [-0.2, -0.15) is 0 Å². The minimum absolute atomic E-state index is 0.0288. The Hall–Kier alpha value is -2.10. The van der Waals surface area contributed by atoms with Crippen molar-refractivity contribution in [3.63, 3.8) is 0 Å². The maximum absolute atomic E-state index is 11.4. The van der Waals surface area contributed by atoms with E-state index in [1.807, 2.05) is 0 Å². The number of aromatic amines is 1. The first-order valence-electron chi connectivity index (χ1n) is 4.84. The number of fused-ring (bicyclic) bond motifs is 1. The van der Waals surface area contributed by atoms with Crippen molar-refractivity contribution in [2.45, 2.75) is 6.92 Å². The maximum atomic E-state index is 11.4. The number of Topliss-reactive ketones (excluding diaryl/α,β-unsaturated/α-hetero) is 1. The first-order chi connectivity index (χ1) is 7.63. The molecule has 0 saturated heterocycles. The number of hydrogen-bond donors (Lipinski definition) is 1. The molecule has 0 aliphatic rings. The molecule has 0 bridgehead atoms. The Bertz CT molecular complexity index is 569. The van der Waals surface area contributed by atoms with Gasteiger partial charge in [-0.15, -0.1) is 0 Å². The van der Waals surface area contributed by atoms with E-state index in [0.717, 1.165) is 5.52 Å². The Morgan fingerprint density at radius 1 is 1.31 bits per heavy atom. The normalized spacial score (nSPS) is 10.4. The van der Waals surface area contributed by atoms with Gasteiger partial charge in [0.25, 0.3) is 0 Å². The molecule has 0 aliphatic carbocycles. The van der Waals surface area contributed by atoms with E-state index in [1.54, 1.807) is 24.4 Å². The zero-order chi connectivity index (χ0) is 11.7. The second-order valence-corrected chi connectivity index (χ2v) is 3.51. The zero-order valence-electron chi connectivity index (χ0n) is 9.03. The highest BCUT2D eigenvalue weighted by atomic mass is 16.5. The molecule has 16 heavy (non-hydrogen) atoms. The van der Waals surface area contributed by atoms with E-state index in [9.17, 15) is 9.59 Å². The Morgan fingerprint density at radius 3 is 2.69 bits per heavy atom. The lowest BCUT2D eigenvalue weighted by Gasteiger charge is -1.98. The van der Waals surface area contributed by atoms with Gasteiger partial charge in [0.2, 0.25) is 0 Å². The molecule has 0 unspecified atom stereocenters. The van der Waals surface area contributed by atoms with E-state index >= 15 is 0 Å². The van der Waals surface area contributed by atoms with Crippen LogP contribution in [0.1, 0.15) is 27.6 Å². The summed E-state index contributed by atoms with van der Waals surface area (Å²) in [6.07, 6.45) is 1.58. The number of carbonyl (C=O) groups excluding carboxylic acids is 2. The summed E-state index contributed by atoms with van der Waals surface area (Å²) in [5, 5.41) is 0.708. The number of ketones is 1. The number of benzene rings is 1. The van der Waals surface area contributed by atoms with Crippen molar-refractivity contribution in [2.24, 2.45) is 0 Å². The van der Waals surface area contributed by atoms with Gasteiger partial charge in [0.15, 0.2) is 5.78 Å². The summed E-state index contributed by atoms with van der Waals surface area (Å²) in [5.41, 5.74) is 1.84. The summed E-state index contributed by atoms with van der Waals surface area (Å²) in [4.78, 5) is 25.6. The molecule has 0 fully saturated rings. The molecule has 0 aliphatic heterocycles. The summed E-state index contributed by atoms with van der Waals surface area (Å²) in [7, 11) is 1.33. The van der Waals surface area contributed by atoms with Gasteiger partial charge in [-0.05, 0) is 25.1 Å². The number of rotatable bonds is 2. The van der Waals surface area contributed by atoms with Crippen molar-refractivity contribution >= 4 is 22.7 Å². The van der Waals surface area contributed by atoms with Crippen molar-refractivity contribution < 1.29 is 14.3 Å². The average molecular weight is 217 g/mol. The highest BCUT2D eigenvalue weighted by Crippen LogP contribution is 2.20. The number of ether oxygens (including phenoxy) is 1. The molecule has 0 amide bonds. The Kier molecular flexibility index (Phi) is 2.48. The Balaban J connectivity index is 2.64. The predicted molar refractivity (Wildman–Crippen MR) is 59.6 cm³/mol. The maximum Gasteiger partial charge on any atom is 0.340 e. The number of esters is 1. The summed E-state index contributed by atoms with van der Waals surface area (Å²) in [6.45, 7) is 1.49. The number of carbonyl (C=O) groups is 2. The van der Waals surface area contributed by atoms with Gasteiger partial charge in [-0.1, -0.05) is 0 Å². The first kappa shape index (κ1) is 10.4. The highest BCUT2D eigenvalue weighted by molar-refractivity contribution is 6.06. The van der Waals surface area contributed by atoms with E-state index in [-0.39, 0.29) is 5.78 Å². The fourth-order valence-electron chi connectivity index (χ4n) is 1.62. The molecule has 82 valence electrons. The van der Waals surface area contributed by atoms with Crippen LogP contribution >= 0.6 is 0 Å². The predicted octanol–water partition coefficient (Wildman–Crippen LogP) is 2.16. The topological polar surface area (TPSA) is 59.2 Å². The SMILES string of the molecule is COC(=O)c1c[nH]c2ccc(C(C)=O)cc12. The molecule has 1 aromatic heterocycles. The number of nitrogens with one attached hydrogen (secondary N) is 1. The second kappa shape index (κ2) is 3.81. The van der Waals surface area contributed by atoms with Crippen LogP contribution in [0, 0.1) is 0 Å². The fourth-order valence-corrected chi connectivity index (χ4v) is 1.62. The summed E-state index contributed by atoms with van der Waals surface area (Å²) >= 11 is 0. The average Bonchev–Trinajstić information content (AvgIpc) is 2.70. The molecule has 1 N–H and O–H groups in total. The number of hydrogen-bond acceptors (Lipinski definition) is 3. The monoisotopic (exact) mass is 217 g/mol. The number of H-pyrrole nitrogens is 1. The van der Waals surface area contributed by atoms with Gasteiger partial charge in [0.1, 0.15) is 0 Å². The lowest BCUT2D eigenvalue weighted by molar-refractivity contribution is 0.0603. The molecule has 0 radical (unpaired) electrons. The molecule has 1 heterocycles. The molecule has 0 atom stereocenters. The molecular formula is C12H11NO3. The summed E-state index contributed by atoms with van der Waals surface area (Å²) in [6, 6.07) is 5.20. The third kappa shape index (κ3) is 1.58. The largest absolute Gasteiger partial charge is 0.465 e. The van der Waals surface area contributed by atoms with Crippen molar-refractivity contribution in [3.05, 3.63) is 35.5 Å². The van der Waals surface area contributed by atoms with Crippen LogP contribution in [0.2, 0.25) is 0 Å². The van der Waals surface area contributed by atoms with Crippen LogP contribution in [-0.2, 0) is 4.74 Å².